The maximum Gasteiger partial charge on any atom is 0.343 e. The van der Waals surface area contributed by atoms with E-state index in [-0.39, 0.29) is 28.5 Å². The molecule has 7 aromatic carbocycles. The predicted octanol–water partition coefficient (Wildman–Crippen LogP) is 15.7. The van der Waals surface area contributed by atoms with Crippen molar-refractivity contribution in [2.24, 2.45) is 0 Å². The van der Waals surface area contributed by atoms with Crippen molar-refractivity contribution >= 4 is 88.9 Å². The van der Waals surface area contributed by atoms with Crippen molar-refractivity contribution in [3.05, 3.63) is 161 Å². The molecule has 0 saturated heterocycles. The first-order valence-corrected chi connectivity index (χ1v) is 23.9. The van der Waals surface area contributed by atoms with E-state index >= 15 is 0 Å². The van der Waals surface area contributed by atoms with Gasteiger partial charge in [0.25, 0.3) is 0 Å². The van der Waals surface area contributed by atoms with E-state index in [0.29, 0.717) is 0 Å². The first kappa shape index (κ1) is 39.5. The Hall–Kier alpha value is -6.04. The summed E-state index contributed by atoms with van der Waals surface area (Å²) in [6, 6.07) is 51.2. The number of nitrogens with zero attached hydrogens (tertiary/aromatic N) is 2. The number of thiophene rings is 1. The average Bonchev–Trinajstić information content (AvgIpc) is 3.89. The lowest BCUT2D eigenvalue weighted by Crippen LogP contribution is -2.61. The molecule has 0 unspecified atom stereocenters. The topological polar surface area (TPSA) is 19.6 Å². The van der Waals surface area contributed by atoms with Gasteiger partial charge in [-0.3, -0.25) is 0 Å². The average molecular weight is 851 g/mol. The van der Waals surface area contributed by atoms with Crippen LogP contribution in [0.1, 0.15) is 104 Å². The molecule has 1 aliphatic carbocycles. The molecule has 0 saturated carbocycles. The fraction of sp³-hybridized carbons (Fsp3) is 0.254. The van der Waals surface area contributed by atoms with Crippen LogP contribution in [-0.2, 0) is 21.7 Å². The van der Waals surface area contributed by atoms with Gasteiger partial charge in [-0.05, 0) is 121 Å². The number of hydrogen-bond donors (Lipinski definition) is 0. The number of furan rings is 1. The van der Waals surface area contributed by atoms with Gasteiger partial charge in [-0.15, -0.1) is 11.3 Å². The number of fused-ring (bicyclic) bond motifs is 13. The highest BCUT2D eigenvalue weighted by atomic mass is 32.1. The van der Waals surface area contributed by atoms with E-state index in [9.17, 15) is 0 Å². The Labute approximate surface area is 382 Å². The van der Waals surface area contributed by atoms with Crippen molar-refractivity contribution in [3.8, 4) is 22.3 Å². The number of para-hydroxylation sites is 1. The summed E-state index contributed by atoms with van der Waals surface area (Å²) in [5.41, 5.74) is 21.1. The van der Waals surface area contributed by atoms with Crippen LogP contribution in [0.15, 0.2) is 138 Å². The number of rotatable bonds is 2. The van der Waals surface area contributed by atoms with Crippen molar-refractivity contribution in [2.75, 3.05) is 9.71 Å². The Bertz CT molecular complexity index is 3420. The normalized spacial score (nSPS) is 15.1. The van der Waals surface area contributed by atoms with E-state index < -0.39 is 0 Å². The summed E-state index contributed by atoms with van der Waals surface area (Å²) in [6.45, 7) is 25.7. The summed E-state index contributed by atoms with van der Waals surface area (Å²) in [7, 11) is 0. The first-order valence-electron chi connectivity index (χ1n) is 23.0. The van der Waals surface area contributed by atoms with Crippen LogP contribution in [0.3, 0.4) is 0 Å². The maximum absolute atomic E-state index is 6.75. The van der Waals surface area contributed by atoms with Crippen LogP contribution in [-0.4, -0.2) is 6.85 Å². The zero-order chi connectivity index (χ0) is 44.4. The summed E-state index contributed by atoms with van der Waals surface area (Å²) in [5.74, 6) is 0. The van der Waals surface area contributed by atoms with E-state index in [1.54, 1.807) is 0 Å². The third-order valence-corrected chi connectivity index (χ3v) is 15.9. The third kappa shape index (κ3) is 5.52. The van der Waals surface area contributed by atoms with Gasteiger partial charge < -0.3 is 14.1 Å². The highest BCUT2D eigenvalue weighted by Crippen LogP contribution is 2.59. The van der Waals surface area contributed by atoms with E-state index in [4.69, 9.17) is 4.42 Å². The molecular weight excluding hydrogens is 796 g/mol. The minimum absolute atomic E-state index is 0.0185. The second kappa shape index (κ2) is 13.0. The summed E-state index contributed by atoms with van der Waals surface area (Å²) < 4.78 is 9.42. The Balaban J connectivity index is 1.27. The van der Waals surface area contributed by atoms with E-state index in [2.05, 4.69) is 219 Å². The summed E-state index contributed by atoms with van der Waals surface area (Å²) >= 11 is 1.97. The van der Waals surface area contributed by atoms with Crippen molar-refractivity contribution in [1.82, 2.24) is 0 Å². The predicted molar refractivity (Wildman–Crippen MR) is 276 cm³/mol. The molecule has 3 aliphatic rings. The molecule has 2 aromatic heterocycles. The number of anilines is 5. The first-order chi connectivity index (χ1) is 30.4. The summed E-state index contributed by atoms with van der Waals surface area (Å²) in [4.78, 5) is 5.37. The lowest BCUT2D eigenvalue weighted by Gasteiger charge is -2.46. The third-order valence-electron chi connectivity index (χ3n) is 14.7. The minimum Gasteiger partial charge on any atom is -0.456 e. The van der Waals surface area contributed by atoms with E-state index in [1.165, 1.54) is 98.8 Å². The summed E-state index contributed by atoms with van der Waals surface area (Å²) in [5, 5.41) is 3.60. The molecule has 9 aromatic rings. The Morgan fingerprint density at radius 2 is 1.14 bits per heavy atom. The van der Waals surface area contributed by atoms with Crippen LogP contribution in [0.25, 0.3) is 54.3 Å². The Morgan fingerprint density at radius 3 is 1.83 bits per heavy atom. The molecule has 0 fully saturated rings. The molecule has 0 spiro atoms. The molecule has 3 nitrogen and oxygen atoms in total. The van der Waals surface area contributed by atoms with Gasteiger partial charge in [0.15, 0.2) is 0 Å². The molecule has 4 heterocycles. The Kier molecular flexibility index (Phi) is 8.06. The van der Waals surface area contributed by atoms with Crippen LogP contribution < -0.4 is 20.0 Å². The highest BCUT2D eigenvalue weighted by Gasteiger charge is 2.51. The molecule has 0 bridgehead atoms. The highest BCUT2D eigenvalue weighted by molar-refractivity contribution is 7.32. The van der Waals surface area contributed by atoms with Gasteiger partial charge in [-0.2, -0.15) is 0 Å². The van der Waals surface area contributed by atoms with Crippen molar-refractivity contribution < 1.29 is 4.42 Å². The van der Waals surface area contributed by atoms with E-state index in [1.807, 2.05) is 11.3 Å². The second-order valence-corrected chi connectivity index (χ2v) is 23.3. The van der Waals surface area contributed by atoms with Gasteiger partial charge in [0, 0.05) is 65.4 Å². The fourth-order valence-corrected chi connectivity index (χ4v) is 12.5. The Morgan fingerprint density at radius 1 is 0.516 bits per heavy atom. The van der Waals surface area contributed by atoms with Gasteiger partial charge in [0.05, 0.1) is 5.69 Å². The maximum atomic E-state index is 6.75. The molecule has 5 heteroatoms. The number of benzene rings is 7. The lowest BCUT2D eigenvalue weighted by atomic mass is 9.46. The van der Waals surface area contributed by atoms with Gasteiger partial charge in [0.1, 0.15) is 11.2 Å². The molecule has 64 heavy (non-hydrogen) atoms. The van der Waals surface area contributed by atoms with Crippen molar-refractivity contribution in [2.45, 2.75) is 97.8 Å². The van der Waals surface area contributed by atoms with Gasteiger partial charge in [-0.1, -0.05) is 149 Å². The van der Waals surface area contributed by atoms with Crippen LogP contribution >= 0.6 is 11.3 Å². The molecular formula is C59H55BN2OS. The van der Waals surface area contributed by atoms with Gasteiger partial charge in [0.2, 0.25) is 0 Å². The smallest absolute Gasteiger partial charge is 0.343 e. The fourth-order valence-electron chi connectivity index (χ4n) is 11.2. The quantitative estimate of drug-likeness (QED) is 0.162. The van der Waals surface area contributed by atoms with Crippen LogP contribution in [0.5, 0.6) is 0 Å². The van der Waals surface area contributed by atoms with Crippen LogP contribution in [0.2, 0.25) is 0 Å². The molecule has 0 N–H and O–H groups in total. The SMILES string of the molecule is CC(C)(C)c1ccc(N2B3c4sc5ccc(C(C)(C)C)cc5c4N(c4ccc(C(C)(C)C)cc4)c4c3c(cc3c4C(C)(C)c4ccccc4-3)-c3cc4c(cc32)oc2ccccc24)cc1. The molecule has 316 valence electrons. The monoisotopic (exact) mass is 850 g/mol. The molecule has 0 amide bonds. The van der Waals surface area contributed by atoms with Gasteiger partial charge >= 0.3 is 6.85 Å². The number of hydrogen-bond acceptors (Lipinski definition) is 4. The van der Waals surface area contributed by atoms with Crippen molar-refractivity contribution in [3.63, 3.8) is 0 Å². The standard InChI is InChI=1S/C59H55BN2OS/c1-56(2,3)34-20-25-37(26-21-34)61-53-45-30-36(58(7,8)9)24-29-50(45)64-55(53)60-52-44(32-43-39-16-12-14-18-46(39)59(10,11)51(43)54(52)61)41-31-42-40-17-13-15-19-48(40)63-49(42)33-47(41)62(60)38-27-22-35(23-28-38)57(4,5)6/h12-33H,1-11H3. The molecule has 0 atom stereocenters. The van der Waals surface area contributed by atoms with Crippen molar-refractivity contribution in [1.29, 1.82) is 0 Å². The molecule has 0 radical (unpaired) electrons. The zero-order valence-corrected chi connectivity index (χ0v) is 39.8. The lowest BCUT2D eigenvalue weighted by molar-refractivity contribution is 0.590. The van der Waals surface area contributed by atoms with E-state index in [0.717, 1.165) is 21.9 Å². The minimum atomic E-state index is -0.269. The largest absolute Gasteiger partial charge is 0.456 e. The van der Waals surface area contributed by atoms with Crippen LogP contribution in [0, 0.1) is 0 Å². The second-order valence-electron chi connectivity index (χ2n) is 22.2. The summed E-state index contributed by atoms with van der Waals surface area (Å²) in [6.07, 6.45) is 0. The molecule has 2 aliphatic heterocycles. The van der Waals surface area contributed by atoms with Crippen LogP contribution in [0.4, 0.5) is 28.4 Å². The van der Waals surface area contributed by atoms with Gasteiger partial charge in [-0.25, -0.2) is 0 Å². The zero-order valence-electron chi connectivity index (χ0n) is 39.0. The molecule has 12 rings (SSSR count).